The van der Waals surface area contributed by atoms with Gasteiger partial charge in [-0.05, 0) is 6.42 Å². The number of hydrogen-bond donors (Lipinski definition) is 0. The van der Waals surface area contributed by atoms with Crippen molar-refractivity contribution in [1.29, 1.82) is 0 Å². The fourth-order valence-electron chi connectivity index (χ4n) is 2.99. The molecule has 6 heteroatoms. The maximum atomic E-state index is 12.2. The lowest BCUT2D eigenvalue weighted by atomic mass is 10.0. The average Bonchev–Trinajstić information content (AvgIpc) is 3.18. The number of carbonyl (C=O) groups excluding carboxylic acids is 1. The first-order chi connectivity index (χ1) is 10.8. The molecule has 1 amide bonds. The van der Waals surface area contributed by atoms with E-state index in [2.05, 4.69) is 10.3 Å². The third-order valence-electron chi connectivity index (χ3n) is 4.41. The lowest BCUT2D eigenvalue weighted by Gasteiger charge is -2.40. The molecule has 22 heavy (non-hydrogen) atoms. The van der Waals surface area contributed by atoms with Crippen LogP contribution in [0.15, 0.2) is 36.5 Å². The Morgan fingerprint density at radius 2 is 2.05 bits per heavy atom. The van der Waals surface area contributed by atoms with Gasteiger partial charge in [-0.2, -0.15) is 0 Å². The monoisotopic (exact) mass is 298 g/mol. The molecule has 0 saturated carbocycles. The van der Waals surface area contributed by atoms with E-state index in [4.69, 9.17) is 4.74 Å². The Labute approximate surface area is 128 Å². The molecular formula is C16H18N4O2. The zero-order chi connectivity index (χ0) is 14.9. The third-order valence-corrected chi connectivity index (χ3v) is 4.41. The predicted octanol–water partition coefficient (Wildman–Crippen LogP) is 1.36. The van der Waals surface area contributed by atoms with E-state index in [1.54, 1.807) is 0 Å². The van der Waals surface area contributed by atoms with E-state index in [1.165, 1.54) is 0 Å². The van der Waals surface area contributed by atoms with Gasteiger partial charge in [-0.1, -0.05) is 35.5 Å². The number of amides is 1. The Morgan fingerprint density at radius 3 is 2.77 bits per heavy atom. The predicted molar refractivity (Wildman–Crippen MR) is 80.0 cm³/mol. The highest BCUT2D eigenvalue weighted by molar-refractivity contribution is 5.80. The number of ether oxygens (including phenoxy) is 1. The van der Waals surface area contributed by atoms with Crippen molar-refractivity contribution in [3.63, 3.8) is 0 Å². The van der Waals surface area contributed by atoms with Crippen LogP contribution in [0.4, 0.5) is 0 Å². The summed E-state index contributed by atoms with van der Waals surface area (Å²) in [5, 5.41) is 8.44. The Balaban J connectivity index is 1.39. The van der Waals surface area contributed by atoms with Crippen molar-refractivity contribution in [2.45, 2.75) is 12.5 Å². The minimum atomic E-state index is 0.0524. The van der Waals surface area contributed by atoms with Gasteiger partial charge >= 0.3 is 0 Å². The van der Waals surface area contributed by atoms with Crippen molar-refractivity contribution in [2.75, 3.05) is 26.3 Å². The number of carbonyl (C=O) groups is 1. The summed E-state index contributed by atoms with van der Waals surface area (Å²) < 4.78 is 7.16. The zero-order valence-electron chi connectivity index (χ0n) is 12.3. The van der Waals surface area contributed by atoms with E-state index in [0.29, 0.717) is 26.3 Å². The Bertz CT molecular complexity index is 658. The molecule has 2 aliphatic heterocycles. The molecule has 2 saturated heterocycles. The van der Waals surface area contributed by atoms with Crippen LogP contribution in [-0.2, 0) is 9.53 Å². The van der Waals surface area contributed by atoms with Crippen LogP contribution < -0.4 is 0 Å². The number of nitrogens with zero attached hydrogens (tertiary/aromatic N) is 4. The molecule has 0 unspecified atom stereocenters. The van der Waals surface area contributed by atoms with Crippen molar-refractivity contribution < 1.29 is 9.53 Å². The lowest BCUT2D eigenvalue weighted by molar-refractivity contribution is -0.141. The first kappa shape index (κ1) is 13.5. The highest BCUT2D eigenvalue weighted by Crippen LogP contribution is 2.26. The van der Waals surface area contributed by atoms with Gasteiger partial charge in [0.25, 0.3) is 0 Å². The summed E-state index contributed by atoms with van der Waals surface area (Å²) in [5.74, 6) is 0.272. The quantitative estimate of drug-likeness (QED) is 0.858. The molecule has 3 heterocycles. The van der Waals surface area contributed by atoms with Crippen LogP contribution in [-0.4, -0.2) is 52.1 Å². The fraction of sp³-hybridized carbons (Fsp3) is 0.438. The Hall–Kier alpha value is -2.21. The van der Waals surface area contributed by atoms with E-state index in [0.717, 1.165) is 17.7 Å². The molecule has 0 bridgehead atoms. The molecule has 0 N–H and O–H groups in total. The molecule has 2 aliphatic rings. The summed E-state index contributed by atoms with van der Waals surface area (Å²) in [6, 6.07) is 10.2. The Kier molecular flexibility index (Phi) is 3.38. The largest absolute Gasteiger partial charge is 0.381 e. The molecule has 2 fully saturated rings. The topological polar surface area (TPSA) is 60.2 Å². The number of aromatic nitrogens is 3. The van der Waals surface area contributed by atoms with Gasteiger partial charge in [-0.3, -0.25) is 4.79 Å². The van der Waals surface area contributed by atoms with Crippen LogP contribution in [0.2, 0.25) is 0 Å². The van der Waals surface area contributed by atoms with Crippen molar-refractivity contribution >= 4 is 5.91 Å². The second-order valence-electron chi connectivity index (χ2n) is 5.91. The third kappa shape index (κ3) is 2.39. The summed E-state index contributed by atoms with van der Waals surface area (Å²) in [6.07, 6.45) is 2.81. The van der Waals surface area contributed by atoms with Gasteiger partial charge in [0.05, 0.1) is 24.8 Å². The van der Waals surface area contributed by atoms with E-state index in [-0.39, 0.29) is 17.9 Å². The number of likely N-dealkylation sites (tertiary alicyclic amines) is 1. The molecule has 1 aromatic carbocycles. The molecule has 1 aromatic heterocycles. The van der Waals surface area contributed by atoms with Crippen LogP contribution in [0.5, 0.6) is 0 Å². The van der Waals surface area contributed by atoms with Gasteiger partial charge in [0.15, 0.2) is 0 Å². The van der Waals surface area contributed by atoms with Gasteiger partial charge in [-0.15, -0.1) is 5.10 Å². The summed E-state index contributed by atoms with van der Waals surface area (Å²) >= 11 is 0. The van der Waals surface area contributed by atoms with Gasteiger partial charge in [0.2, 0.25) is 5.91 Å². The van der Waals surface area contributed by atoms with E-state index in [9.17, 15) is 4.79 Å². The first-order valence-electron chi connectivity index (χ1n) is 7.65. The fourth-order valence-corrected chi connectivity index (χ4v) is 2.99. The van der Waals surface area contributed by atoms with Crippen molar-refractivity contribution in [1.82, 2.24) is 19.9 Å². The molecule has 2 aromatic rings. The van der Waals surface area contributed by atoms with Crippen molar-refractivity contribution in [2.24, 2.45) is 5.92 Å². The second kappa shape index (κ2) is 5.53. The lowest BCUT2D eigenvalue weighted by Crippen LogP contribution is -2.52. The van der Waals surface area contributed by atoms with Crippen molar-refractivity contribution in [3.8, 4) is 11.3 Å². The number of benzene rings is 1. The van der Waals surface area contributed by atoms with Gasteiger partial charge < -0.3 is 9.64 Å². The van der Waals surface area contributed by atoms with E-state index >= 15 is 0 Å². The Morgan fingerprint density at radius 1 is 1.23 bits per heavy atom. The highest BCUT2D eigenvalue weighted by Gasteiger charge is 2.37. The van der Waals surface area contributed by atoms with Gasteiger partial charge in [0, 0.05) is 25.3 Å². The maximum absolute atomic E-state index is 12.2. The second-order valence-corrected chi connectivity index (χ2v) is 5.91. The molecule has 1 atom stereocenters. The summed E-state index contributed by atoms with van der Waals surface area (Å²) in [6.45, 7) is 2.71. The minimum absolute atomic E-state index is 0.0524. The van der Waals surface area contributed by atoms with Gasteiger partial charge in [0.1, 0.15) is 5.69 Å². The number of rotatable bonds is 3. The van der Waals surface area contributed by atoms with Crippen LogP contribution in [0.3, 0.4) is 0 Å². The highest BCUT2D eigenvalue weighted by atomic mass is 16.5. The molecule has 0 radical (unpaired) electrons. The smallest absolute Gasteiger partial charge is 0.228 e. The normalized spacial score (nSPS) is 21.8. The zero-order valence-corrected chi connectivity index (χ0v) is 12.3. The average molecular weight is 298 g/mol. The summed E-state index contributed by atoms with van der Waals surface area (Å²) in [7, 11) is 0. The summed E-state index contributed by atoms with van der Waals surface area (Å²) in [5.41, 5.74) is 1.93. The minimum Gasteiger partial charge on any atom is -0.381 e. The first-order valence-corrected chi connectivity index (χ1v) is 7.65. The van der Waals surface area contributed by atoms with Crippen LogP contribution in [0, 0.1) is 5.92 Å². The SMILES string of the molecule is O=C([C@@H]1CCOC1)N1CC(n2cc(-c3ccccc3)nn2)C1. The van der Waals surface area contributed by atoms with Gasteiger partial charge in [-0.25, -0.2) is 4.68 Å². The van der Waals surface area contributed by atoms with Crippen LogP contribution in [0.25, 0.3) is 11.3 Å². The summed E-state index contributed by atoms with van der Waals surface area (Å²) in [4.78, 5) is 14.1. The molecule has 4 rings (SSSR count). The molecule has 0 spiro atoms. The van der Waals surface area contributed by atoms with Crippen LogP contribution in [0.1, 0.15) is 12.5 Å². The van der Waals surface area contributed by atoms with E-state index in [1.807, 2.05) is 46.1 Å². The van der Waals surface area contributed by atoms with E-state index < -0.39 is 0 Å². The standard InChI is InChI=1S/C16H18N4O2/c21-16(13-6-7-22-11-13)19-8-14(9-19)20-10-15(17-18-20)12-4-2-1-3-5-12/h1-5,10,13-14H,6-9,11H2/t13-/m1/s1. The van der Waals surface area contributed by atoms with Crippen molar-refractivity contribution in [3.05, 3.63) is 36.5 Å². The molecule has 114 valence electrons. The molecule has 0 aliphatic carbocycles. The molecular weight excluding hydrogens is 280 g/mol. The molecule has 6 nitrogen and oxygen atoms in total. The van der Waals surface area contributed by atoms with Crippen LogP contribution >= 0.6 is 0 Å². The number of hydrogen-bond acceptors (Lipinski definition) is 4. The maximum Gasteiger partial charge on any atom is 0.228 e.